The highest BCUT2D eigenvalue weighted by atomic mass is 19.4. The Morgan fingerprint density at radius 3 is 2.24 bits per heavy atom. The molecular formula is C29H20F3NO4. The summed E-state index contributed by atoms with van der Waals surface area (Å²) in [6.07, 6.45) is -4.65. The molecule has 0 spiro atoms. The second kappa shape index (κ2) is 9.13. The number of methoxy groups -OCH3 is 1. The number of hydrogen-bond acceptors (Lipinski definition) is 4. The van der Waals surface area contributed by atoms with Gasteiger partial charge in [-0.2, -0.15) is 13.2 Å². The summed E-state index contributed by atoms with van der Waals surface area (Å²) in [7, 11) is 1.48. The lowest BCUT2D eigenvalue weighted by atomic mass is 9.94. The molecule has 0 aliphatic carbocycles. The molecule has 0 saturated carbocycles. The van der Waals surface area contributed by atoms with Crippen molar-refractivity contribution >= 4 is 33.9 Å². The summed E-state index contributed by atoms with van der Waals surface area (Å²) in [6.45, 7) is 0. The summed E-state index contributed by atoms with van der Waals surface area (Å²) in [5.41, 5.74) is -0.577. The molecule has 1 unspecified atom stereocenters. The van der Waals surface area contributed by atoms with Gasteiger partial charge in [-0.1, -0.05) is 54.6 Å². The number of benzene rings is 4. The quantitative estimate of drug-likeness (QED) is 0.196. The number of rotatable bonds is 4. The average molecular weight is 503 g/mol. The summed E-state index contributed by atoms with van der Waals surface area (Å²) >= 11 is 0. The van der Waals surface area contributed by atoms with Crippen LogP contribution in [0.2, 0.25) is 0 Å². The third-order valence-electron chi connectivity index (χ3n) is 6.35. The number of carbonyl (C=O) groups excluding carboxylic acids is 2. The van der Waals surface area contributed by atoms with E-state index >= 15 is 0 Å². The van der Waals surface area contributed by atoms with E-state index in [2.05, 4.69) is 0 Å². The number of anilines is 1. The molecule has 1 amide bonds. The minimum atomic E-state index is -4.65. The number of Topliss-reactive ketones (excluding diaryl/α,β-unsaturated/α-hetero) is 1. The van der Waals surface area contributed by atoms with Crippen molar-refractivity contribution in [3.05, 3.63) is 113 Å². The van der Waals surface area contributed by atoms with E-state index in [1.54, 1.807) is 42.5 Å². The highest BCUT2D eigenvalue weighted by Gasteiger charge is 2.47. The summed E-state index contributed by atoms with van der Waals surface area (Å²) in [5, 5.41) is 13.0. The van der Waals surface area contributed by atoms with E-state index in [4.69, 9.17) is 4.74 Å². The van der Waals surface area contributed by atoms with E-state index in [-0.39, 0.29) is 11.3 Å². The second-order valence-electron chi connectivity index (χ2n) is 8.55. The molecule has 1 atom stereocenters. The van der Waals surface area contributed by atoms with E-state index in [0.717, 1.165) is 27.8 Å². The Hall–Kier alpha value is -4.59. The Morgan fingerprint density at radius 1 is 0.865 bits per heavy atom. The molecule has 5 nitrogen and oxygen atoms in total. The van der Waals surface area contributed by atoms with Gasteiger partial charge < -0.3 is 9.84 Å². The number of nitrogens with zero attached hydrogens (tertiary/aromatic N) is 1. The lowest BCUT2D eigenvalue weighted by Crippen LogP contribution is -2.29. The fourth-order valence-corrected chi connectivity index (χ4v) is 4.52. The fraction of sp³-hybridized carbons (Fsp3) is 0.103. The standard InChI is InChI=1S/C29H20F3NO4/c1-37-23-13-11-18(12-14-23)25-24(26(34)20-10-9-17-5-2-3-6-19(17)15-20)27(35)28(36)33(25)22-8-4-7-21(16-22)29(30,31)32/h2-16,25,34H,1H3/b26-24-. The van der Waals surface area contributed by atoms with Crippen LogP contribution in [0.25, 0.3) is 16.5 Å². The van der Waals surface area contributed by atoms with Gasteiger partial charge in [-0.15, -0.1) is 0 Å². The predicted octanol–water partition coefficient (Wildman–Crippen LogP) is 6.49. The number of aliphatic hydroxyl groups is 1. The van der Waals surface area contributed by atoms with Crippen LogP contribution in [0.15, 0.2) is 96.6 Å². The molecule has 5 rings (SSSR count). The minimum Gasteiger partial charge on any atom is -0.507 e. The first-order valence-electron chi connectivity index (χ1n) is 11.3. The summed E-state index contributed by atoms with van der Waals surface area (Å²) in [6, 6.07) is 22.0. The molecule has 186 valence electrons. The topological polar surface area (TPSA) is 66.8 Å². The van der Waals surface area contributed by atoms with Crippen LogP contribution in [0.1, 0.15) is 22.7 Å². The van der Waals surface area contributed by atoms with Crippen LogP contribution in [0, 0.1) is 0 Å². The van der Waals surface area contributed by atoms with Crippen molar-refractivity contribution in [2.75, 3.05) is 12.0 Å². The minimum absolute atomic E-state index is 0.115. The third-order valence-corrected chi connectivity index (χ3v) is 6.35. The van der Waals surface area contributed by atoms with Gasteiger partial charge in [-0.25, -0.2) is 0 Å². The van der Waals surface area contributed by atoms with Crippen LogP contribution in [-0.2, 0) is 15.8 Å². The molecule has 1 aliphatic rings. The van der Waals surface area contributed by atoms with Gasteiger partial charge >= 0.3 is 6.18 Å². The van der Waals surface area contributed by atoms with Crippen molar-refractivity contribution in [3.63, 3.8) is 0 Å². The number of halogens is 3. The Kier molecular flexibility index (Phi) is 5.95. The Morgan fingerprint density at radius 2 is 1.57 bits per heavy atom. The molecule has 1 fully saturated rings. The van der Waals surface area contributed by atoms with Crippen LogP contribution in [-0.4, -0.2) is 23.9 Å². The van der Waals surface area contributed by atoms with Crippen LogP contribution in [0.3, 0.4) is 0 Å². The van der Waals surface area contributed by atoms with Gasteiger partial charge in [-0.3, -0.25) is 14.5 Å². The van der Waals surface area contributed by atoms with Gasteiger partial charge in [0.2, 0.25) is 0 Å². The largest absolute Gasteiger partial charge is 0.507 e. The lowest BCUT2D eigenvalue weighted by Gasteiger charge is -2.26. The molecule has 1 aliphatic heterocycles. The molecule has 8 heteroatoms. The predicted molar refractivity (Wildman–Crippen MR) is 133 cm³/mol. The Balaban J connectivity index is 1.72. The second-order valence-corrected chi connectivity index (χ2v) is 8.55. The average Bonchev–Trinajstić information content (AvgIpc) is 3.17. The van der Waals surface area contributed by atoms with Crippen LogP contribution in [0.4, 0.5) is 18.9 Å². The van der Waals surface area contributed by atoms with Gasteiger partial charge in [0.15, 0.2) is 0 Å². The molecule has 37 heavy (non-hydrogen) atoms. The van der Waals surface area contributed by atoms with Crippen molar-refractivity contribution in [1.82, 2.24) is 0 Å². The molecule has 4 aromatic carbocycles. The van der Waals surface area contributed by atoms with Crippen molar-refractivity contribution in [1.29, 1.82) is 0 Å². The highest BCUT2D eigenvalue weighted by molar-refractivity contribution is 6.51. The maximum absolute atomic E-state index is 13.5. The number of ketones is 1. The number of hydrogen-bond donors (Lipinski definition) is 1. The van der Waals surface area contributed by atoms with Crippen LogP contribution < -0.4 is 9.64 Å². The molecule has 0 aromatic heterocycles. The summed E-state index contributed by atoms with van der Waals surface area (Å²) in [5.74, 6) is -1.94. The van der Waals surface area contributed by atoms with Gasteiger partial charge in [-0.05, 0) is 52.7 Å². The van der Waals surface area contributed by atoms with Crippen molar-refractivity contribution < 1.29 is 32.6 Å². The first-order valence-corrected chi connectivity index (χ1v) is 11.3. The number of alkyl halides is 3. The monoisotopic (exact) mass is 503 g/mol. The third kappa shape index (κ3) is 4.31. The van der Waals surface area contributed by atoms with Gasteiger partial charge in [0, 0.05) is 11.3 Å². The molecule has 1 heterocycles. The number of ether oxygens (including phenoxy) is 1. The van der Waals surface area contributed by atoms with Crippen LogP contribution in [0.5, 0.6) is 5.75 Å². The number of amides is 1. The fourth-order valence-electron chi connectivity index (χ4n) is 4.52. The first kappa shape index (κ1) is 24.1. The molecule has 0 radical (unpaired) electrons. The van der Waals surface area contributed by atoms with Gasteiger partial charge in [0.25, 0.3) is 11.7 Å². The molecule has 0 bridgehead atoms. The van der Waals surface area contributed by atoms with E-state index in [1.165, 1.54) is 19.2 Å². The van der Waals surface area contributed by atoms with E-state index in [1.807, 2.05) is 24.3 Å². The Bertz CT molecular complexity index is 1560. The van der Waals surface area contributed by atoms with Gasteiger partial charge in [0.05, 0.1) is 24.3 Å². The van der Waals surface area contributed by atoms with Crippen LogP contribution >= 0.6 is 0 Å². The van der Waals surface area contributed by atoms with Crippen molar-refractivity contribution in [2.45, 2.75) is 12.2 Å². The SMILES string of the molecule is COc1ccc(C2/C(=C(/O)c3ccc4ccccc4c3)C(=O)C(=O)N2c2cccc(C(F)(F)F)c2)cc1. The molecule has 4 aromatic rings. The zero-order valence-electron chi connectivity index (χ0n) is 19.5. The van der Waals surface area contributed by atoms with Crippen molar-refractivity contribution in [2.24, 2.45) is 0 Å². The highest BCUT2D eigenvalue weighted by Crippen LogP contribution is 2.43. The zero-order chi connectivity index (χ0) is 26.3. The van der Waals surface area contributed by atoms with E-state index in [0.29, 0.717) is 16.9 Å². The summed E-state index contributed by atoms with van der Waals surface area (Å²) < 4.78 is 45.5. The zero-order valence-corrected chi connectivity index (χ0v) is 19.5. The number of carbonyl (C=O) groups is 2. The van der Waals surface area contributed by atoms with Crippen molar-refractivity contribution in [3.8, 4) is 5.75 Å². The number of aliphatic hydroxyl groups excluding tert-OH is 1. The molecular weight excluding hydrogens is 483 g/mol. The summed E-state index contributed by atoms with van der Waals surface area (Å²) in [4.78, 5) is 27.5. The maximum atomic E-state index is 13.5. The Labute approximate surface area is 210 Å². The molecule has 1 N–H and O–H groups in total. The molecule has 1 saturated heterocycles. The lowest BCUT2D eigenvalue weighted by molar-refractivity contribution is -0.137. The van der Waals surface area contributed by atoms with Gasteiger partial charge in [0.1, 0.15) is 11.5 Å². The smallest absolute Gasteiger partial charge is 0.416 e. The van der Waals surface area contributed by atoms with E-state index < -0.39 is 35.2 Å². The normalized spacial score (nSPS) is 17.4. The van der Waals surface area contributed by atoms with E-state index in [9.17, 15) is 27.9 Å². The maximum Gasteiger partial charge on any atom is 0.416 e. The number of fused-ring (bicyclic) bond motifs is 1. The first-order chi connectivity index (χ1) is 17.7.